The molecule has 0 aliphatic rings. The van der Waals surface area contributed by atoms with E-state index in [2.05, 4.69) is 24.1 Å². The number of nitrogens with zero attached hydrogens (tertiary/aromatic N) is 2. The lowest BCUT2D eigenvalue weighted by atomic mass is 10.1. The maximum Gasteiger partial charge on any atom is 0.163 e. The summed E-state index contributed by atoms with van der Waals surface area (Å²) in [5.74, 6) is 2.40. The van der Waals surface area contributed by atoms with Gasteiger partial charge in [-0.2, -0.15) is 0 Å². The molecule has 3 aromatic rings. The van der Waals surface area contributed by atoms with Crippen molar-refractivity contribution >= 4 is 27.4 Å². The van der Waals surface area contributed by atoms with Crippen LogP contribution in [0.5, 0.6) is 5.75 Å². The first-order valence-electron chi connectivity index (χ1n) is 6.74. The topological polar surface area (TPSA) is 47.0 Å². The fourth-order valence-corrected chi connectivity index (χ4v) is 3.35. The third kappa shape index (κ3) is 2.34. The molecule has 0 radical (unpaired) electrons. The molecular weight excluding hydrogens is 282 g/mol. The van der Waals surface area contributed by atoms with Gasteiger partial charge in [-0.1, -0.05) is 12.1 Å². The minimum absolute atomic E-state index is 0.715. The van der Waals surface area contributed by atoms with Gasteiger partial charge in [0, 0.05) is 17.5 Å². The van der Waals surface area contributed by atoms with Crippen LogP contribution in [-0.4, -0.2) is 24.1 Å². The van der Waals surface area contributed by atoms with Crippen LogP contribution in [0.25, 0.3) is 21.6 Å². The van der Waals surface area contributed by atoms with E-state index in [0.717, 1.165) is 27.3 Å². The highest BCUT2D eigenvalue weighted by molar-refractivity contribution is 7.18. The zero-order valence-electron chi connectivity index (χ0n) is 12.5. The molecule has 4 nitrogen and oxygen atoms in total. The van der Waals surface area contributed by atoms with Crippen molar-refractivity contribution in [2.24, 2.45) is 0 Å². The Hall–Kier alpha value is -2.14. The zero-order valence-corrected chi connectivity index (χ0v) is 13.3. The highest BCUT2D eigenvalue weighted by Gasteiger charge is 2.14. The van der Waals surface area contributed by atoms with Gasteiger partial charge in [0.1, 0.15) is 16.4 Å². The number of nitrogens with one attached hydrogen (secondary N) is 1. The first-order chi connectivity index (χ1) is 10.1. The van der Waals surface area contributed by atoms with Crippen LogP contribution in [0, 0.1) is 13.8 Å². The number of fused-ring (bicyclic) bond motifs is 1. The second kappa shape index (κ2) is 5.33. The van der Waals surface area contributed by atoms with Gasteiger partial charge in [0.15, 0.2) is 5.82 Å². The Kier molecular flexibility index (Phi) is 3.51. The SMILES string of the molecule is CNc1nc(-c2cccc(OC)c2)nc2sc(C)c(C)c12. The molecule has 0 unspecified atom stereocenters. The van der Waals surface area contributed by atoms with E-state index < -0.39 is 0 Å². The van der Waals surface area contributed by atoms with Gasteiger partial charge < -0.3 is 10.1 Å². The van der Waals surface area contributed by atoms with Gasteiger partial charge in [0.25, 0.3) is 0 Å². The molecule has 2 aromatic heterocycles. The fourth-order valence-electron chi connectivity index (χ4n) is 2.32. The molecule has 0 aliphatic heterocycles. The van der Waals surface area contributed by atoms with Crippen LogP contribution < -0.4 is 10.1 Å². The molecular formula is C16H17N3OS. The van der Waals surface area contributed by atoms with Crippen molar-refractivity contribution < 1.29 is 4.74 Å². The molecule has 0 atom stereocenters. The highest BCUT2D eigenvalue weighted by Crippen LogP contribution is 2.35. The monoisotopic (exact) mass is 299 g/mol. The van der Waals surface area contributed by atoms with Crippen molar-refractivity contribution in [3.05, 3.63) is 34.7 Å². The summed E-state index contributed by atoms with van der Waals surface area (Å²) in [6, 6.07) is 7.82. The van der Waals surface area contributed by atoms with E-state index in [1.54, 1.807) is 18.4 Å². The van der Waals surface area contributed by atoms with Gasteiger partial charge in [0.05, 0.1) is 12.5 Å². The zero-order chi connectivity index (χ0) is 15.0. The minimum Gasteiger partial charge on any atom is -0.497 e. The molecule has 3 rings (SSSR count). The van der Waals surface area contributed by atoms with Crippen molar-refractivity contribution in [3.8, 4) is 17.1 Å². The van der Waals surface area contributed by atoms with E-state index >= 15 is 0 Å². The molecule has 0 aliphatic carbocycles. The van der Waals surface area contributed by atoms with Crippen molar-refractivity contribution in [2.75, 3.05) is 19.5 Å². The number of hydrogen-bond donors (Lipinski definition) is 1. The van der Waals surface area contributed by atoms with Crippen molar-refractivity contribution in [2.45, 2.75) is 13.8 Å². The first kappa shape index (κ1) is 13.8. The lowest BCUT2D eigenvalue weighted by Crippen LogP contribution is -1.98. The second-order valence-electron chi connectivity index (χ2n) is 4.84. The van der Waals surface area contributed by atoms with Crippen molar-refractivity contribution in [1.82, 2.24) is 9.97 Å². The molecule has 0 saturated heterocycles. The van der Waals surface area contributed by atoms with Crippen LogP contribution in [0.4, 0.5) is 5.82 Å². The summed E-state index contributed by atoms with van der Waals surface area (Å²) in [5.41, 5.74) is 2.20. The summed E-state index contributed by atoms with van der Waals surface area (Å²) in [6.07, 6.45) is 0. The quantitative estimate of drug-likeness (QED) is 0.793. The Labute approximate surface area is 127 Å². The number of aryl methyl sites for hydroxylation is 2. The van der Waals surface area contributed by atoms with E-state index in [0.29, 0.717) is 5.82 Å². The van der Waals surface area contributed by atoms with Gasteiger partial charge in [-0.05, 0) is 31.5 Å². The normalized spacial score (nSPS) is 10.9. The predicted octanol–water partition coefficient (Wildman–Crippen LogP) is 4.03. The smallest absolute Gasteiger partial charge is 0.163 e. The number of anilines is 1. The van der Waals surface area contributed by atoms with Gasteiger partial charge in [-0.25, -0.2) is 9.97 Å². The van der Waals surface area contributed by atoms with Gasteiger partial charge >= 0.3 is 0 Å². The first-order valence-corrected chi connectivity index (χ1v) is 7.55. The average Bonchev–Trinajstić information content (AvgIpc) is 2.81. The summed E-state index contributed by atoms with van der Waals surface area (Å²) in [5, 5.41) is 4.30. The Morgan fingerprint density at radius 2 is 2.00 bits per heavy atom. The summed E-state index contributed by atoms with van der Waals surface area (Å²) < 4.78 is 5.28. The van der Waals surface area contributed by atoms with Crippen LogP contribution in [0.1, 0.15) is 10.4 Å². The largest absolute Gasteiger partial charge is 0.497 e. The molecule has 0 fully saturated rings. The predicted molar refractivity (Wildman–Crippen MR) is 88.4 cm³/mol. The third-order valence-electron chi connectivity index (χ3n) is 3.59. The molecule has 0 saturated carbocycles. The number of aromatic nitrogens is 2. The molecule has 0 spiro atoms. The average molecular weight is 299 g/mol. The standard InChI is InChI=1S/C16H17N3OS/c1-9-10(2)21-16-13(9)15(17-3)18-14(19-16)11-6-5-7-12(8-11)20-4/h5-8H,1-4H3,(H,17,18,19). The van der Waals surface area contributed by atoms with Crippen molar-refractivity contribution in [1.29, 1.82) is 0 Å². The molecule has 1 N–H and O–H groups in total. The lowest BCUT2D eigenvalue weighted by molar-refractivity contribution is 0.415. The third-order valence-corrected chi connectivity index (χ3v) is 4.69. The summed E-state index contributed by atoms with van der Waals surface area (Å²) in [7, 11) is 3.55. The van der Waals surface area contributed by atoms with Gasteiger partial charge in [-0.15, -0.1) is 11.3 Å². The number of rotatable bonds is 3. The summed E-state index contributed by atoms with van der Waals surface area (Å²) >= 11 is 1.70. The lowest BCUT2D eigenvalue weighted by Gasteiger charge is -2.07. The van der Waals surface area contributed by atoms with E-state index in [4.69, 9.17) is 9.72 Å². The Bertz CT molecular complexity index is 811. The summed E-state index contributed by atoms with van der Waals surface area (Å²) in [4.78, 5) is 11.7. The Morgan fingerprint density at radius 1 is 1.19 bits per heavy atom. The van der Waals surface area contributed by atoms with E-state index in [1.165, 1.54) is 10.4 Å². The van der Waals surface area contributed by atoms with Crippen LogP contribution in [-0.2, 0) is 0 Å². The van der Waals surface area contributed by atoms with Crippen LogP contribution in [0.3, 0.4) is 0 Å². The molecule has 0 amide bonds. The number of thiophene rings is 1. The second-order valence-corrected chi connectivity index (χ2v) is 6.04. The molecule has 21 heavy (non-hydrogen) atoms. The molecule has 108 valence electrons. The number of ether oxygens (including phenoxy) is 1. The molecule has 2 heterocycles. The van der Waals surface area contributed by atoms with Gasteiger partial charge in [-0.3, -0.25) is 0 Å². The maximum atomic E-state index is 5.28. The number of benzene rings is 1. The van der Waals surface area contributed by atoms with E-state index in [9.17, 15) is 0 Å². The molecule has 0 bridgehead atoms. The maximum absolute atomic E-state index is 5.28. The summed E-state index contributed by atoms with van der Waals surface area (Å²) in [6.45, 7) is 4.23. The van der Waals surface area contributed by atoms with Crippen LogP contribution in [0.2, 0.25) is 0 Å². The Balaban J connectivity index is 2.24. The highest BCUT2D eigenvalue weighted by atomic mass is 32.1. The number of hydrogen-bond acceptors (Lipinski definition) is 5. The van der Waals surface area contributed by atoms with E-state index in [-0.39, 0.29) is 0 Å². The van der Waals surface area contributed by atoms with Crippen LogP contribution in [0.15, 0.2) is 24.3 Å². The van der Waals surface area contributed by atoms with Crippen molar-refractivity contribution in [3.63, 3.8) is 0 Å². The van der Waals surface area contributed by atoms with Crippen LogP contribution >= 0.6 is 11.3 Å². The van der Waals surface area contributed by atoms with E-state index in [1.807, 2.05) is 31.3 Å². The number of methoxy groups -OCH3 is 1. The molecule has 1 aromatic carbocycles. The Morgan fingerprint density at radius 3 is 2.71 bits per heavy atom. The van der Waals surface area contributed by atoms with Gasteiger partial charge in [0.2, 0.25) is 0 Å². The fraction of sp³-hybridized carbons (Fsp3) is 0.250. The molecule has 5 heteroatoms. The minimum atomic E-state index is 0.715.